The summed E-state index contributed by atoms with van der Waals surface area (Å²) >= 11 is 0. The van der Waals surface area contributed by atoms with Crippen LogP contribution in [0.2, 0.25) is 0 Å². The predicted molar refractivity (Wildman–Crippen MR) is 103 cm³/mol. The van der Waals surface area contributed by atoms with Gasteiger partial charge in [-0.25, -0.2) is 0 Å². The zero-order valence-corrected chi connectivity index (χ0v) is 16.6. The van der Waals surface area contributed by atoms with Crippen molar-refractivity contribution >= 4 is 24.2 Å². The van der Waals surface area contributed by atoms with Gasteiger partial charge in [-0.3, -0.25) is 9.59 Å². The molecule has 0 radical (unpaired) electrons. The largest absolute Gasteiger partial charge is 0.416 e. The van der Waals surface area contributed by atoms with Crippen molar-refractivity contribution in [2.45, 2.75) is 51.4 Å². The second-order valence-corrected chi connectivity index (χ2v) is 7.07. The predicted octanol–water partition coefficient (Wildman–Crippen LogP) is 3.11. The number of benzene rings is 1. The molecule has 1 heterocycles. The molecule has 0 unspecified atom stereocenters. The summed E-state index contributed by atoms with van der Waals surface area (Å²) in [5.74, 6) is 0.134. The fourth-order valence-corrected chi connectivity index (χ4v) is 3.21. The van der Waals surface area contributed by atoms with Gasteiger partial charge in [0, 0.05) is 26.1 Å². The van der Waals surface area contributed by atoms with E-state index in [9.17, 15) is 22.8 Å². The Hall–Kier alpha value is -1.80. The van der Waals surface area contributed by atoms with E-state index >= 15 is 0 Å². The van der Waals surface area contributed by atoms with Gasteiger partial charge in [0.2, 0.25) is 11.8 Å². The molecule has 1 saturated heterocycles. The van der Waals surface area contributed by atoms with Crippen LogP contribution in [-0.2, 0) is 22.3 Å². The van der Waals surface area contributed by atoms with Gasteiger partial charge in [-0.2, -0.15) is 13.2 Å². The van der Waals surface area contributed by atoms with Gasteiger partial charge in [-0.15, -0.1) is 12.4 Å². The van der Waals surface area contributed by atoms with Crippen molar-refractivity contribution in [1.82, 2.24) is 10.2 Å². The summed E-state index contributed by atoms with van der Waals surface area (Å²) < 4.78 is 38.1. The Morgan fingerprint density at radius 2 is 1.93 bits per heavy atom. The molecule has 1 aromatic carbocycles. The summed E-state index contributed by atoms with van der Waals surface area (Å²) in [5.41, 5.74) is 5.31. The summed E-state index contributed by atoms with van der Waals surface area (Å²) in [4.78, 5) is 25.6. The molecule has 0 saturated carbocycles. The third-order valence-corrected chi connectivity index (χ3v) is 4.84. The van der Waals surface area contributed by atoms with Crippen molar-refractivity contribution in [1.29, 1.82) is 0 Å². The smallest absolute Gasteiger partial charge is 0.352 e. The normalized spacial score (nSPS) is 16.2. The lowest BCUT2D eigenvalue weighted by molar-refractivity contribution is -0.137. The van der Waals surface area contributed by atoms with Gasteiger partial charge in [-0.05, 0) is 49.8 Å². The highest BCUT2D eigenvalue weighted by molar-refractivity contribution is 5.85. The third kappa shape index (κ3) is 7.31. The van der Waals surface area contributed by atoms with E-state index in [1.165, 1.54) is 6.07 Å². The number of carbonyl (C=O) groups excluding carboxylic acids is 2. The van der Waals surface area contributed by atoms with E-state index in [0.717, 1.165) is 25.0 Å². The number of carbonyl (C=O) groups is 2. The average Bonchev–Trinajstić information content (AvgIpc) is 2.64. The molecule has 1 atom stereocenters. The summed E-state index contributed by atoms with van der Waals surface area (Å²) in [7, 11) is 0. The first kappa shape index (κ1) is 24.2. The van der Waals surface area contributed by atoms with Crippen LogP contribution in [0.25, 0.3) is 0 Å². The summed E-state index contributed by atoms with van der Waals surface area (Å²) in [6, 6.07) is 4.45. The summed E-state index contributed by atoms with van der Waals surface area (Å²) in [6.45, 7) is 3.04. The van der Waals surface area contributed by atoms with E-state index in [1.54, 1.807) is 17.9 Å². The van der Waals surface area contributed by atoms with Crippen molar-refractivity contribution in [2.24, 2.45) is 11.7 Å². The number of nitrogens with one attached hydrogen (secondary N) is 1. The average molecular weight is 422 g/mol. The van der Waals surface area contributed by atoms with Crippen molar-refractivity contribution in [3.8, 4) is 0 Å². The first-order valence-corrected chi connectivity index (χ1v) is 9.14. The first-order valence-electron chi connectivity index (χ1n) is 9.14. The lowest BCUT2D eigenvalue weighted by Crippen LogP contribution is -2.46. The molecule has 9 heteroatoms. The van der Waals surface area contributed by atoms with Crippen LogP contribution in [0.4, 0.5) is 13.2 Å². The Balaban J connectivity index is 0.00000392. The zero-order valence-electron chi connectivity index (χ0n) is 15.8. The van der Waals surface area contributed by atoms with Crippen LogP contribution in [0.5, 0.6) is 0 Å². The Labute approximate surface area is 169 Å². The molecular weight excluding hydrogens is 395 g/mol. The SMILES string of the molecule is C[C@@H](N)C(=O)N1CCC(CCC(=O)NCc2cccc(C(F)(F)F)c2)CC1.Cl. The van der Waals surface area contributed by atoms with Crippen molar-refractivity contribution < 1.29 is 22.8 Å². The highest BCUT2D eigenvalue weighted by atomic mass is 35.5. The molecule has 158 valence electrons. The number of piperidine rings is 1. The fraction of sp³-hybridized carbons (Fsp3) is 0.579. The van der Waals surface area contributed by atoms with Crippen LogP contribution in [0.3, 0.4) is 0 Å². The molecule has 3 N–H and O–H groups in total. The monoisotopic (exact) mass is 421 g/mol. The maximum Gasteiger partial charge on any atom is 0.416 e. The highest BCUT2D eigenvalue weighted by Crippen LogP contribution is 2.29. The topological polar surface area (TPSA) is 75.4 Å². The lowest BCUT2D eigenvalue weighted by atomic mass is 9.92. The van der Waals surface area contributed by atoms with Gasteiger partial charge in [0.15, 0.2) is 0 Å². The van der Waals surface area contributed by atoms with Crippen LogP contribution in [-0.4, -0.2) is 35.8 Å². The Morgan fingerprint density at radius 1 is 1.29 bits per heavy atom. The van der Waals surface area contributed by atoms with Gasteiger partial charge < -0.3 is 16.0 Å². The molecule has 1 fully saturated rings. The first-order chi connectivity index (χ1) is 12.7. The van der Waals surface area contributed by atoms with Crippen molar-refractivity contribution in [3.63, 3.8) is 0 Å². The maximum atomic E-state index is 12.7. The van der Waals surface area contributed by atoms with Gasteiger partial charge in [0.05, 0.1) is 11.6 Å². The van der Waals surface area contributed by atoms with Crippen LogP contribution < -0.4 is 11.1 Å². The van der Waals surface area contributed by atoms with Gasteiger partial charge in [0.1, 0.15) is 0 Å². The van der Waals surface area contributed by atoms with Gasteiger partial charge >= 0.3 is 6.18 Å². The molecule has 2 amide bonds. The van der Waals surface area contributed by atoms with E-state index in [2.05, 4.69) is 5.32 Å². The summed E-state index contributed by atoms with van der Waals surface area (Å²) in [6.07, 6.45) is -1.70. The molecule has 2 rings (SSSR count). The van der Waals surface area contributed by atoms with E-state index in [1.807, 2.05) is 0 Å². The molecule has 0 aromatic heterocycles. The maximum absolute atomic E-state index is 12.7. The Bertz CT molecular complexity index is 660. The number of nitrogens with two attached hydrogens (primary N) is 1. The standard InChI is InChI=1S/C19H26F3N3O2.ClH/c1-13(23)18(27)25-9-7-14(8-10-25)5-6-17(26)24-12-15-3-2-4-16(11-15)19(20,21)22;/h2-4,11,13-14H,5-10,12,23H2,1H3,(H,24,26);1H/t13-;/m1./s1. The number of nitrogens with zero attached hydrogens (tertiary/aromatic N) is 1. The minimum Gasteiger partial charge on any atom is -0.352 e. The highest BCUT2D eigenvalue weighted by Gasteiger charge is 2.30. The van der Waals surface area contributed by atoms with Gasteiger partial charge in [0.25, 0.3) is 0 Å². The molecule has 1 aliphatic rings. The second kappa shape index (κ2) is 10.7. The number of likely N-dealkylation sites (tertiary alicyclic amines) is 1. The molecular formula is C19H27ClF3N3O2. The van der Waals surface area contributed by atoms with Crippen molar-refractivity contribution in [2.75, 3.05) is 13.1 Å². The quantitative estimate of drug-likeness (QED) is 0.741. The molecule has 1 aliphatic heterocycles. The zero-order chi connectivity index (χ0) is 20.0. The molecule has 1 aromatic rings. The molecule has 28 heavy (non-hydrogen) atoms. The van der Waals surface area contributed by atoms with Crippen LogP contribution >= 0.6 is 12.4 Å². The van der Waals surface area contributed by atoms with E-state index < -0.39 is 17.8 Å². The molecule has 5 nitrogen and oxygen atoms in total. The molecule has 0 bridgehead atoms. The van der Waals surface area contributed by atoms with E-state index in [4.69, 9.17) is 5.73 Å². The number of hydrogen-bond donors (Lipinski definition) is 2. The van der Waals surface area contributed by atoms with Crippen molar-refractivity contribution in [3.05, 3.63) is 35.4 Å². The van der Waals surface area contributed by atoms with E-state index in [0.29, 0.717) is 37.4 Å². The number of amides is 2. The molecule has 0 aliphatic carbocycles. The number of halogens is 4. The number of alkyl halides is 3. The van der Waals surface area contributed by atoms with E-state index in [-0.39, 0.29) is 30.8 Å². The lowest BCUT2D eigenvalue weighted by Gasteiger charge is -2.33. The minimum atomic E-state index is -4.39. The Morgan fingerprint density at radius 3 is 2.50 bits per heavy atom. The number of hydrogen-bond acceptors (Lipinski definition) is 3. The van der Waals surface area contributed by atoms with Crippen LogP contribution in [0, 0.1) is 5.92 Å². The number of rotatable bonds is 6. The Kier molecular flexibility index (Phi) is 9.23. The second-order valence-electron chi connectivity index (χ2n) is 7.07. The summed E-state index contributed by atoms with van der Waals surface area (Å²) in [5, 5.41) is 2.67. The van der Waals surface area contributed by atoms with Gasteiger partial charge in [-0.1, -0.05) is 12.1 Å². The van der Waals surface area contributed by atoms with Crippen LogP contribution in [0.15, 0.2) is 24.3 Å². The van der Waals surface area contributed by atoms with Crippen LogP contribution in [0.1, 0.15) is 43.7 Å². The minimum absolute atomic E-state index is 0. The molecule has 0 spiro atoms. The third-order valence-electron chi connectivity index (χ3n) is 4.84. The fourth-order valence-electron chi connectivity index (χ4n) is 3.21.